The van der Waals surface area contributed by atoms with E-state index in [1.807, 2.05) is 31.9 Å². The van der Waals surface area contributed by atoms with Gasteiger partial charge in [-0.1, -0.05) is 42.9 Å². The van der Waals surface area contributed by atoms with E-state index >= 15 is 0 Å². The van der Waals surface area contributed by atoms with Gasteiger partial charge in [-0.2, -0.15) is 0 Å². The van der Waals surface area contributed by atoms with Gasteiger partial charge in [0.25, 0.3) is 0 Å². The Morgan fingerprint density at radius 3 is 2.77 bits per heavy atom. The van der Waals surface area contributed by atoms with Crippen LogP contribution < -0.4 is 5.46 Å². The number of aliphatic hydroxyl groups is 1. The number of hydrogen-bond acceptors (Lipinski definition) is 1. The Morgan fingerprint density at radius 1 is 1.54 bits per heavy atom. The van der Waals surface area contributed by atoms with Crippen molar-refractivity contribution in [2.75, 3.05) is 0 Å². The summed E-state index contributed by atoms with van der Waals surface area (Å²) in [5.74, 6) is 0. The molecule has 1 nitrogen and oxygen atoms in total. The van der Waals surface area contributed by atoms with Crippen LogP contribution in [-0.4, -0.2) is 12.4 Å². The highest BCUT2D eigenvalue weighted by Gasteiger charge is 2.11. The third-order valence-corrected chi connectivity index (χ3v) is 2.61. The van der Waals surface area contributed by atoms with Crippen LogP contribution >= 0.6 is 11.6 Å². The van der Waals surface area contributed by atoms with Gasteiger partial charge in [0.15, 0.2) is 7.28 Å². The fraction of sp³-hybridized carbons (Fsp3) is 0.400. The molecule has 0 aliphatic rings. The third-order valence-electron chi connectivity index (χ3n) is 2.25. The zero-order valence-corrected chi connectivity index (χ0v) is 8.80. The first-order chi connectivity index (χ1) is 6.20. The molecule has 13 heavy (non-hydrogen) atoms. The summed E-state index contributed by atoms with van der Waals surface area (Å²) in [5.41, 5.74) is 2.04. The lowest BCUT2D eigenvalue weighted by molar-refractivity contribution is 0.174. The number of rotatable bonds is 3. The predicted octanol–water partition coefficient (Wildman–Crippen LogP) is 1.89. The molecule has 0 fully saturated rings. The van der Waals surface area contributed by atoms with Crippen molar-refractivity contribution in [2.45, 2.75) is 26.3 Å². The van der Waals surface area contributed by atoms with Crippen LogP contribution in [0.3, 0.4) is 0 Å². The van der Waals surface area contributed by atoms with Crippen LogP contribution in [0.5, 0.6) is 0 Å². The van der Waals surface area contributed by atoms with Crippen LogP contribution in [-0.2, 0) is 0 Å². The van der Waals surface area contributed by atoms with Crippen LogP contribution in [0.15, 0.2) is 18.2 Å². The highest BCUT2D eigenvalue weighted by Crippen LogP contribution is 2.17. The lowest BCUT2D eigenvalue weighted by Crippen LogP contribution is -2.20. The van der Waals surface area contributed by atoms with Crippen molar-refractivity contribution in [3.63, 3.8) is 0 Å². The van der Waals surface area contributed by atoms with Gasteiger partial charge in [-0.15, -0.1) is 0 Å². The van der Waals surface area contributed by atoms with Crippen LogP contribution in [0, 0.1) is 0 Å². The largest absolute Gasteiger partial charge is 0.388 e. The summed E-state index contributed by atoms with van der Waals surface area (Å²) >= 11 is 6.02. The molecule has 1 aromatic carbocycles. The Balaban J connectivity index is 3.12. The Morgan fingerprint density at radius 2 is 2.23 bits per heavy atom. The van der Waals surface area contributed by atoms with E-state index in [-0.39, 0.29) is 6.10 Å². The molecule has 1 rings (SSSR count). The summed E-state index contributed by atoms with van der Waals surface area (Å²) in [4.78, 5) is 0. The second kappa shape index (κ2) is 4.68. The predicted molar refractivity (Wildman–Crippen MR) is 59.3 cm³/mol. The molecule has 0 radical (unpaired) electrons. The van der Waals surface area contributed by atoms with Gasteiger partial charge in [0.05, 0.1) is 6.10 Å². The summed E-state index contributed by atoms with van der Waals surface area (Å²) in [7, 11) is 0.867. The highest BCUT2D eigenvalue weighted by molar-refractivity contribution is 6.57. The van der Waals surface area contributed by atoms with Crippen LogP contribution in [0.2, 0.25) is 11.8 Å². The van der Waals surface area contributed by atoms with Gasteiger partial charge < -0.3 is 5.11 Å². The summed E-state index contributed by atoms with van der Waals surface area (Å²) in [6.45, 7) is 4.01. The topological polar surface area (TPSA) is 20.2 Å². The molecule has 0 spiro atoms. The molecular formula is C10H14BClO. The minimum Gasteiger partial charge on any atom is -0.388 e. The van der Waals surface area contributed by atoms with E-state index < -0.39 is 0 Å². The lowest BCUT2D eigenvalue weighted by Gasteiger charge is -2.13. The number of hydrogen-bond donors (Lipinski definition) is 1. The Hall–Kier alpha value is -0.465. The molecule has 70 valence electrons. The van der Waals surface area contributed by atoms with Gasteiger partial charge in [-0.3, -0.25) is 0 Å². The third kappa shape index (κ3) is 2.26. The molecule has 0 amide bonds. The van der Waals surface area contributed by atoms with Gasteiger partial charge >= 0.3 is 0 Å². The second-order valence-electron chi connectivity index (χ2n) is 3.09. The van der Waals surface area contributed by atoms with E-state index in [1.165, 1.54) is 0 Å². The van der Waals surface area contributed by atoms with Gasteiger partial charge in [0.2, 0.25) is 0 Å². The van der Waals surface area contributed by atoms with Crippen molar-refractivity contribution in [1.82, 2.24) is 0 Å². The molecule has 0 saturated heterocycles. The molecule has 0 aromatic heterocycles. The monoisotopic (exact) mass is 196 g/mol. The summed E-state index contributed by atoms with van der Waals surface area (Å²) in [6.07, 6.45) is 0.349. The first kappa shape index (κ1) is 10.6. The zero-order chi connectivity index (χ0) is 9.84. The fourth-order valence-electron chi connectivity index (χ4n) is 1.48. The number of benzene rings is 1. The van der Waals surface area contributed by atoms with Crippen LogP contribution in [0.25, 0.3) is 0 Å². The normalized spacial score (nSPS) is 12.6. The maximum Gasteiger partial charge on any atom is 0.157 e. The zero-order valence-electron chi connectivity index (χ0n) is 8.05. The second-order valence-corrected chi connectivity index (χ2v) is 3.49. The molecular weight excluding hydrogens is 182 g/mol. The van der Waals surface area contributed by atoms with Gasteiger partial charge in [-0.05, 0) is 18.1 Å². The van der Waals surface area contributed by atoms with Crippen molar-refractivity contribution < 1.29 is 5.11 Å². The molecule has 1 aromatic rings. The molecule has 3 heteroatoms. The number of halogens is 1. The van der Waals surface area contributed by atoms with E-state index in [1.54, 1.807) is 0 Å². The van der Waals surface area contributed by atoms with Gasteiger partial charge in [0.1, 0.15) is 0 Å². The average Bonchev–Trinajstić information content (AvgIpc) is 2.16. The fourth-order valence-corrected chi connectivity index (χ4v) is 1.80. The van der Waals surface area contributed by atoms with Crippen molar-refractivity contribution in [3.05, 3.63) is 28.8 Å². The van der Waals surface area contributed by atoms with E-state index in [9.17, 15) is 5.11 Å². The van der Waals surface area contributed by atoms with Crippen molar-refractivity contribution in [1.29, 1.82) is 0 Å². The van der Waals surface area contributed by atoms with E-state index in [4.69, 9.17) is 11.6 Å². The first-order valence-corrected chi connectivity index (χ1v) is 5.03. The molecule has 1 atom stereocenters. The van der Waals surface area contributed by atoms with Crippen molar-refractivity contribution >= 4 is 24.3 Å². The quantitative estimate of drug-likeness (QED) is 0.732. The molecule has 0 bridgehead atoms. The lowest BCUT2D eigenvalue weighted by atomic mass is 9.70. The minimum atomic E-state index is -0.381. The maximum absolute atomic E-state index is 9.71. The van der Waals surface area contributed by atoms with Gasteiger partial charge in [0, 0.05) is 5.02 Å². The van der Waals surface area contributed by atoms with Gasteiger partial charge in [-0.25, -0.2) is 0 Å². The highest BCUT2D eigenvalue weighted by atomic mass is 35.5. The van der Waals surface area contributed by atoms with E-state index in [0.29, 0.717) is 0 Å². The summed E-state index contributed by atoms with van der Waals surface area (Å²) in [6, 6.07) is 5.70. The van der Waals surface area contributed by atoms with E-state index in [0.717, 1.165) is 29.7 Å². The maximum atomic E-state index is 9.71. The molecule has 0 heterocycles. The Kier molecular flexibility index (Phi) is 3.82. The van der Waals surface area contributed by atoms with Crippen molar-refractivity contribution in [3.8, 4) is 0 Å². The van der Waals surface area contributed by atoms with Crippen LogP contribution in [0.1, 0.15) is 25.0 Å². The molecule has 0 aliphatic heterocycles. The van der Waals surface area contributed by atoms with Crippen molar-refractivity contribution in [2.24, 2.45) is 0 Å². The molecule has 1 N–H and O–H groups in total. The molecule has 0 unspecified atom stereocenters. The number of aliphatic hydroxyl groups excluding tert-OH is 1. The Labute approximate surface area is 85.0 Å². The SMILES string of the molecule is CBc1c(Cl)cccc1[C@H](O)CC. The smallest absolute Gasteiger partial charge is 0.157 e. The molecule has 0 aliphatic carbocycles. The standard InChI is InChI=1S/C10H14BClO/c1-3-9(13)7-5-4-6-8(12)10(7)11-2/h4-6,9,11,13H,3H2,1-2H3/t9-/m1/s1. The average molecular weight is 196 g/mol. The Bertz CT molecular complexity index is 288. The van der Waals surface area contributed by atoms with E-state index in [2.05, 4.69) is 0 Å². The van der Waals surface area contributed by atoms with Crippen LogP contribution in [0.4, 0.5) is 0 Å². The minimum absolute atomic E-state index is 0.381. The first-order valence-electron chi connectivity index (χ1n) is 4.66. The summed E-state index contributed by atoms with van der Waals surface area (Å²) < 4.78 is 0. The molecule has 0 saturated carbocycles. The summed E-state index contributed by atoms with van der Waals surface area (Å²) in [5, 5.41) is 10.5.